The second kappa shape index (κ2) is 10.8. The number of carbonyl (C=O) groups is 1. The number of halogens is 1. The van der Waals surface area contributed by atoms with Crippen molar-refractivity contribution in [1.82, 2.24) is 19.9 Å². The van der Waals surface area contributed by atoms with Gasteiger partial charge in [0.25, 0.3) is 5.91 Å². The quantitative estimate of drug-likeness (QED) is 0.371. The van der Waals surface area contributed by atoms with Crippen molar-refractivity contribution in [3.05, 3.63) is 52.7 Å². The summed E-state index contributed by atoms with van der Waals surface area (Å²) in [7, 11) is 5.42. The lowest BCUT2D eigenvalue weighted by atomic mass is 9.93. The summed E-state index contributed by atoms with van der Waals surface area (Å²) in [5.41, 5.74) is 3.02. The summed E-state index contributed by atoms with van der Waals surface area (Å²) in [4.78, 5) is 35.5. The Kier molecular flexibility index (Phi) is 7.15. The number of hydrogen-bond donors (Lipinski definition) is 0. The Bertz CT molecular complexity index is 1510. The number of piperidine rings is 1. The maximum absolute atomic E-state index is 13.1. The van der Waals surface area contributed by atoms with Crippen molar-refractivity contribution in [2.75, 3.05) is 63.8 Å². The minimum atomic E-state index is -0.300. The second-order valence-electron chi connectivity index (χ2n) is 12.4. The van der Waals surface area contributed by atoms with Gasteiger partial charge in [0, 0.05) is 49.4 Å². The molecule has 42 heavy (non-hydrogen) atoms. The van der Waals surface area contributed by atoms with E-state index in [1.54, 1.807) is 14.2 Å². The van der Waals surface area contributed by atoms with Gasteiger partial charge in [0.15, 0.2) is 0 Å². The molecule has 9 nitrogen and oxygen atoms in total. The molecule has 2 saturated heterocycles. The van der Waals surface area contributed by atoms with Gasteiger partial charge >= 0.3 is 6.01 Å². The zero-order valence-electron chi connectivity index (χ0n) is 24.7. The van der Waals surface area contributed by atoms with Gasteiger partial charge in [-0.05, 0) is 69.1 Å². The zero-order chi connectivity index (χ0) is 29.0. The maximum Gasteiger partial charge on any atom is 0.318 e. The SMILES string of the molecule is CON(C)C(=O)[C@@]12CCN(c3nc(OC[C@@H]4CCCN4C)nc4c3CCN(c3cccc5cccc(Cl)c35)C4)C[C@@H]1C2. The van der Waals surface area contributed by atoms with Crippen molar-refractivity contribution in [2.45, 2.75) is 44.7 Å². The molecule has 2 aromatic carbocycles. The van der Waals surface area contributed by atoms with Gasteiger partial charge in [0.2, 0.25) is 0 Å². The molecule has 3 aliphatic heterocycles. The van der Waals surface area contributed by atoms with Crippen LogP contribution in [0.3, 0.4) is 0 Å². The number of anilines is 2. The van der Waals surface area contributed by atoms with Gasteiger partial charge < -0.3 is 19.4 Å². The minimum absolute atomic E-state index is 0.0912. The third kappa shape index (κ3) is 4.75. The van der Waals surface area contributed by atoms with Crippen molar-refractivity contribution in [1.29, 1.82) is 0 Å². The fourth-order valence-corrected chi connectivity index (χ4v) is 7.67. The molecule has 0 radical (unpaired) electrons. The van der Waals surface area contributed by atoms with Gasteiger partial charge in [-0.1, -0.05) is 35.9 Å². The van der Waals surface area contributed by atoms with E-state index in [2.05, 4.69) is 46.0 Å². The average molecular weight is 591 g/mol. The summed E-state index contributed by atoms with van der Waals surface area (Å²) in [6.07, 6.45) is 4.85. The molecule has 0 bridgehead atoms. The van der Waals surface area contributed by atoms with Crippen LogP contribution in [0.1, 0.15) is 36.9 Å². The number of hydrogen-bond acceptors (Lipinski definition) is 8. The van der Waals surface area contributed by atoms with Crippen LogP contribution in [0, 0.1) is 11.3 Å². The molecule has 3 atom stereocenters. The third-order valence-corrected chi connectivity index (χ3v) is 10.4. The van der Waals surface area contributed by atoms with Crippen molar-refractivity contribution in [2.24, 2.45) is 11.3 Å². The predicted octanol–water partition coefficient (Wildman–Crippen LogP) is 4.56. The van der Waals surface area contributed by atoms with E-state index in [1.165, 1.54) is 17.0 Å². The Balaban J connectivity index is 1.19. The monoisotopic (exact) mass is 590 g/mol. The van der Waals surface area contributed by atoms with Gasteiger partial charge in [-0.2, -0.15) is 9.97 Å². The van der Waals surface area contributed by atoms with E-state index in [0.717, 1.165) is 84.9 Å². The molecule has 10 heteroatoms. The Labute approximate surface area is 252 Å². The van der Waals surface area contributed by atoms with E-state index in [4.69, 9.17) is 31.1 Å². The molecule has 0 N–H and O–H groups in total. The van der Waals surface area contributed by atoms with E-state index >= 15 is 0 Å². The molecule has 3 aromatic rings. The zero-order valence-corrected chi connectivity index (χ0v) is 25.4. The highest BCUT2D eigenvalue weighted by molar-refractivity contribution is 6.36. The molecule has 222 valence electrons. The average Bonchev–Trinajstić information content (AvgIpc) is 3.62. The fraction of sp³-hybridized carbons (Fsp3) is 0.531. The molecule has 1 aromatic heterocycles. The summed E-state index contributed by atoms with van der Waals surface area (Å²) in [5.74, 6) is 1.36. The number of fused-ring (bicyclic) bond motifs is 3. The normalized spacial score (nSPS) is 25.3. The Morgan fingerprint density at radius 1 is 1.14 bits per heavy atom. The van der Waals surface area contributed by atoms with Crippen molar-refractivity contribution in [3.8, 4) is 6.01 Å². The van der Waals surface area contributed by atoms with Crippen LogP contribution in [0.4, 0.5) is 11.5 Å². The number of likely N-dealkylation sites (N-methyl/N-ethyl adjacent to an activating group) is 1. The highest BCUT2D eigenvalue weighted by atomic mass is 35.5. The number of carbonyl (C=O) groups excluding carboxylic acids is 1. The predicted molar refractivity (Wildman–Crippen MR) is 164 cm³/mol. The van der Waals surface area contributed by atoms with Crippen LogP contribution in [-0.2, 0) is 22.6 Å². The van der Waals surface area contributed by atoms with Crippen LogP contribution >= 0.6 is 11.6 Å². The van der Waals surface area contributed by atoms with Crippen LogP contribution in [-0.4, -0.2) is 85.9 Å². The van der Waals surface area contributed by atoms with Gasteiger partial charge in [-0.3, -0.25) is 9.63 Å². The smallest absolute Gasteiger partial charge is 0.318 e. The summed E-state index contributed by atoms with van der Waals surface area (Å²) in [5, 5.41) is 4.36. The molecule has 1 amide bonds. The molecular weight excluding hydrogens is 552 g/mol. The van der Waals surface area contributed by atoms with Crippen LogP contribution in [0.2, 0.25) is 5.02 Å². The number of nitrogens with zero attached hydrogens (tertiary/aromatic N) is 6. The maximum atomic E-state index is 13.1. The van der Waals surface area contributed by atoms with Crippen LogP contribution < -0.4 is 14.5 Å². The first kappa shape index (κ1) is 27.7. The number of likely N-dealkylation sites (tertiary alicyclic amines) is 1. The van der Waals surface area contributed by atoms with E-state index in [0.29, 0.717) is 31.1 Å². The fourth-order valence-electron chi connectivity index (χ4n) is 7.40. The van der Waals surface area contributed by atoms with Gasteiger partial charge in [-0.15, -0.1) is 0 Å². The minimum Gasteiger partial charge on any atom is -0.462 e. The van der Waals surface area contributed by atoms with Gasteiger partial charge in [0.05, 0.1) is 29.8 Å². The molecule has 3 fully saturated rings. The van der Waals surface area contributed by atoms with Crippen molar-refractivity contribution < 1.29 is 14.4 Å². The molecule has 0 unspecified atom stereocenters. The number of amides is 1. The van der Waals surface area contributed by atoms with Gasteiger partial charge in [-0.25, -0.2) is 5.06 Å². The standard InChI is InChI=1S/C32H39ClN6O3/c1-36-14-6-9-23(36)20-42-31-34-26-19-38(27-11-5-8-21-7-4-10-25(33)28(21)27)15-12-24(26)29(35-31)39-16-13-32(17-22(32)18-39)30(40)37(2)41-3/h4-5,7-8,10-11,22-23H,6,9,12-20H2,1-3H3/t22-,23-,32+/m0/s1. The number of ether oxygens (including phenoxy) is 1. The number of rotatable bonds is 7. The van der Waals surface area contributed by atoms with E-state index in [-0.39, 0.29) is 11.3 Å². The molecule has 4 heterocycles. The van der Waals surface area contributed by atoms with Crippen molar-refractivity contribution in [3.63, 3.8) is 0 Å². The van der Waals surface area contributed by atoms with Crippen LogP contribution in [0.25, 0.3) is 10.8 Å². The van der Waals surface area contributed by atoms with E-state index < -0.39 is 0 Å². The first-order valence-corrected chi connectivity index (χ1v) is 15.5. The second-order valence-corrected chi connectivity index (χ2v) is 12.8. The Morgan fingerprint density at radius 2 is 1.98 bits per heavy atom. The molecule has 4 aliphatic rings. The van der Waals surface area contributed by atoms with Crippen LogP contribution in [0.5, 0.6) is 6.01 Å². The van der Waals surface area contributed by atoms with Crippen LogP contribution in [0.15, 0.2) is 36.4 Å². The van der Waals surface area contributed by atoms with Gasteiger partial charge in [0.1, 0.15) is 12.4 Å². The number of benzene rings is 2. The summed E-state index contributed by atoms with van der Waals surface area (Å²) in [6.45, 7) is 4.77. The molecule has 1 saturated carbocycles. The largest absolute Gasteiger partial charge is 0.462 e. The van der Waals surface area contributed by atoms with E-state index in [1.807, 2.05) is 12.1 Å². The highest BCUT2D eigenvalue weighted by Crippen LogP contribution is 2.59. The molecular formula is C32H39ClN6O3. The number of aromatic nitrogens is 2. The Morgan fingerprint density at radius 3 is 2.74 bits per heavy atom. The molecule has 1 aliphatic carbocycles. The number of hydroxylamine groups is 2. The first-order chi connectivity index (χ1) is 20.4. The molecule has 7 rings (SSSR count). The van der Waals surface area contributed by atoms with E-state index in [9.17, 15) is 4.79 Å². The van der Waals surface area contributed by atoms with Crippen molar-refractivity contribution >= 4 is 39.8 Å². The summed E-state index contributed by atoms with van der Waals surface area (Å²) < 4.78 is 6.32. The summed E-state index contributed by atoms with van der Waals surface area (Å²) >= 11 is 6.71. The highest BCUT2D eigenvalue weighted by Gasteiger charge is 2.63. The summed E-state index contributed by atoms with van der Waals surface area (Å²) in [6, 6.07) is 13.3. The lowest BCUT2D eigenvalue weighted by Crippen LogP contribution is -2.43. The first-order valence-electron chi connectivity index (χ1n) is 15.1. The third-order valence-electron chi connectivity index (χ3n) is 10.1. The topological polar surface area (TPSA) is 74.3 Å². The Hall–Kier alpha value is -3.14. The molecule has 0 spiro atoms. The lowest BCUT2D eigenvalue weighted by molar-refractivity contribution is -0.176. The lowest BCUT2D eigenvalue weighted by Gasteiger charge is -2.37.